The highest BCUT2D eigenvalue weighted by molar-refractivity contribution is 5.94. The van der Waals surface area contributed by atoms with Crippen LogP contribution in [0.2, 0.25) is 0 Å². The summed E-state index contributed by atoms with van der Waals surface area (Å²) < 4.78 is 11.1. The highest BCUT2D eigenvalue weighted by Gasteiger charge is 2.33. The molecule has 188 valence electrons. The highest BCUT2D eigenvalue weighted by atomic mass is 35.5. The van der Waals surface area contributed by atoms with Gasteiger partial charge in [0.2, 0.25) is 0 Å². The number of halogens is 1. The Morgan fingerprint density at radius 2 is 1.51 bits per heavy atom. The van der Waals surface area contributed by atoms with Gasteiger partial charge in [-0.2, -0.15) is 5.43 Å². The zero-order chi connectivity index (χ0) is 25.1. The van der Waals surface area contributed by atoms with E-state index in [1.807, 2.05) is 83.3 Å². The van der Waals surface area contributed by atoms with Gasteiger partial charge in [-0.3, -0.25) is 10.1 Å². The van der Waals surface area contributed by atoms with Gasteiger partial charge in [-0.1, -0.05) is 41.5 Å². The third kappa shape index (κ3) is 5.18. The molecule has 4 aromatic rings. The maximum absolute atomic E-state index is 11.2. The number of quaternary nitrogens is 1. The first-order valence-corrected chi connectivity index (χ1v) is 11.2. The quantitative estimate of drug-likeness (QED) is 0.226. The number of nitro groups is 1. The average molecular weight is 518 g/mol. The van der Waals surface area contributed by atoms with Crippen molar-refractivity contribution < 1.29 is 32.2 Å². The molecule has 0 aliphatic carbocycles. The minimum Gasteiger partial charge on any atom is -1.00 e. The molecule has 0 amide bonds. The molecule has 1 aliphatic rings. The summed E-state index contributed by atoms with van der Waals surface area (Å²) in [6, 6.07) is 29.9. The number of benzene rings is 4. The first-order chi connectivity index (χ1) is 17.6. The van der Waals surface area contributed by atoms with Crippen LogP contribution >= 0.6 is 0 Å². The molecule has 0 aromatic heterocycles. The van der Waals surface area contributed by atoms with Crippen molar-refractivity contribution in [3.05, 3.63) is 113 Å². The van der Waals surface area contributed by atoms with Gasteiger partial charge < -0.3 is 21.9 Å². The summed E-state index contributed by atoms with van der Waals surface area (Å²) >= 11 is 0. The highest BCUT2D eigenvalue weighted by Crippen LogP contribution is 2.36. The summed E-state index contributed by atoms with van der Waals surface area (Å²) in [6.07, 6.45) is 0. The lowest BCUT2D eigenvalue weighted by Crippen LogP contribution is -3.00. The molecule has 10 heteroatoms. The number of anilines is 2. The fourth-order valence-corrected chi connectivity index (χ4v) is 3.99. The number of hydrazine groups is 1. The summed E-state index contributed by atoms with van der Waals surface area (Å²) in [6.45, 7) is 0. The standard InChI is InChI=1S/C27H23N5O4.ClH/c1-35-24-10-6-9-20(17-24)21-11-16-25(26(18-21)36-2)31-29-27(19-7-4-3-5-8-19)28-30(31)22-12-14-23(15-13-22)32(33)34;/h3-18H,1-2H3,(H,28,29);1H. The first kappa shape index (κ1) is 25.5. The Bertz CT molecular complexity index is 1430. The molecule has 0 bridgehead atoms. The van der Waals surface area contributed by atoms with E-state index in [0.29, 0.717) is 17.1 Å². The van der Waals surface area contributed by atoms with Crippen LogP contribution in [0.25, 0.3) is 11.1 Å². The number of hydrogen-bond acceptors (Lipinski definition) is 7. The Kier molecular flexibility index (Phi) is 7.57. The molecule has 4 aromatic carbocycles. The van der Waals surface area contributed by atoms with E-state index in [1.165, 1.54) is 12.1 Å². The molecule has 1 aliphatic heterocycles. The minimum absolute atomic E-state index is 0. The molecule has 9 nitrogen and oxygen atoms in total. The second kappa shape index (κ2) is 11.0. The van der Waals surface area contributed by atoms with Gasteiger partial charge in [0.1, 0.15) is 22.9 Å². The van der Waals surface area contributed by atoms with Crippen molar-refractivity contribution in [2.24, 2.45) is 5.10 Å². The topological polar surface area (TPSA) is 97.0 Å². The Labute approximate surface area is 220 Å². The minimum atomic E-state index is -0.415. The van der Waals surface area contributed by atoms with E-state index in [4.69, 9.17) is 14.6 Å². The molecule has 0 fully saturated rings. The van der Waals surface area contributed by atoms with Gasteiger partial charge in [-0.05, 0) is 59.7 Å². The average Bonchev–Trinajstić information content (AvgIpc) is 3.38. The van der Waals surface area contributed by atoms with Crippen LogP contribution < -0.4 is 37.5 Å². The predicted molar refractivity (Wildman–Crippen MR) is 138 cm³/mol. The Balaban J connectivity index is 0.00000320. The molecular weight excluding hydrogens is 494 g/mol. The van der Waals surface area contributed by atoms with Crippen LogP contribution in [0, 0.1) is 10.1 Å². The summed E-state index contributed by atoms with van der Waals surface area (Å²) in [5.74, 6) is 2.13. The van der Waals surface area contributed by atoms with Crippen molar-refractivity contribution in [3.8, 4) is 22.6 Å². The number of nitrogens with zero attached hydrogens (tertiary/aromatic N) is 4. The van der Waals surface area contributed by atoms with Crippen molar-refractivity contribution in [3.63, 3.8) is 0 Å². The predicted octanol–water partition coefficient (Wildman–Crippen LogP) is 1.36. The molecule has 37 heavy (non-hydrogen) atoms. The molecule has 1 heterocycles. The molecule has 0 radical (unpaired) electrons. The van der Waals surface area contributed by atoms with Crippen molar-refractivity contribution >= 4 is 22.9 Å². The van der Waals surface area contributed by atoms with Gasteiger partial charge in [0, 0.05) is 12.1 Å². The number of methoxy groups -OCH3 is 2. The second-order valence-electron chi connectivity index (χ2n) is 8.01. The fraction of sp³-hybridized carbons (Fsp3) is 0.0741. The summed E-state index contributed by atoms with van der Waals surface area (Å²) in [5.41, 5.74) is 6.25. The zero-order valence-electron chi connectivity index (χ0n) is 20.1. The smallest absolute Gasteiger partial charge is 0.277 e. The van der Waals surface area contributed by atoms with E-state index in [0.717, 1.165) is 28.3 Å². The fourth-order valence-electron chi connectivity index (χ4n) is 3.99. The van der Waals surface area contributed by atoms with E-state index < -0.39 is 4.92 Å². The number of non-ortho nitro benzene ring substituents is 1. The van der Waals surface area contributed by atoms with Gasteiger partial charge in [0.05, 0.1) is 24.7 Å². The number of ether oxygens (including phenoxy) is 2. The van der Waals surface area contributed by atoms with E-state index >= 15 is 0 Å². The maximum Gasteiger partial charge on any atom is 0.277 e. The number of amidine groups is 1. The van der Waals surface area contributed by atoms with Crippen LogP contribution in [0.3, 0.4) is 0 Å². The van der Waals surface area contributed by atoms with Crippen LogP contribution in [0.15, 0.2) is 102 Å². The lowest BCUT2D eigenvalue weighted by molar-refractivity contribution is -0.545. The van der Waals surface area contributed by atoms with Crippen LogP contribution in [0.4, 0.5) is 17.1 Å². The SMILES string of the molecule is COc1cccc(-c2ccc(N3N=C(c4ccccc4)[NH2+]N3c3ccc([N+](=O)[O-])cc3)c(OC)c2)c1.[Cl-]. The lowest BCUT2D eigenvalue weighted by atomic mass is 10.0. The van der Waals surface area contributed by atoms with Crippen molar-refractivity contribution in [1.29, 1.82) is 0 Å². The molecule has 0 saturated carbocycles. The molecule has 0 atom stereocenters. The molecular formula is C27H24ClN5O4. The number of hydrazone groups is 1. The monoisotopic (exact) mass is 517 g/mol. The Morgan fingerprint density at radius 3 is 2.19 bits per heavy atom. The second-order valence-corrected chi connectivity index (χ2v) is 8.01. The Hall–Kier alpha value is -4.60. The van der Waals surface area contributed by atoms with E-state index in [2.05, 4.69) is 0 Å². The third-order valence-electron chi connectivity index (χ3n) is 5.84. The number of hydrogen-bond donors (Lipinski definition) is 1. The van der Waals surface area contributed by atoms with Gasteiger partial charge in [-0.25, -0.2) is 0 Å². The van der Waals surface area contributed by atoms with Gasteiger partial charge in [0.15, 0.2) is 0 Å². The molecule has 2 N–H and O–H groups in total. The lowest BCUT2D eigenvalue weighted by Gasteiger charge is -2.25. The number of nitrogens with two attached hydrogens (primary N) is 1. The Morgan fingerprint density at radius 1 is 0.811 bits per heavy atom. The van der Waals surface area contributed by atoms with Crippen molar-refractivity contribution in [1.82, 2.24) is 0 Å². The summed E-state index contributed by atoms with van der Waals surface area (Å²) in [7, 11) is 3.26. The van der Waals surface area contributed by atoms with E-state index in [9.17, 15) is 10.1 Å². The van der Waals surface area contributed by atoms with Gasteiger partial charge in [0.25, 0.3) is 11.5 Å². The van der Waals surface area contributed by atoms with E-state index in [-0.39, 0.29) is 18.1 Å². The van der Waals surface area contributed by atoms with Crippen LogP contribution in [-0.4, -0.2) is 25.0 Å². The van der Waals surface area contributed by atoms with Gasteiger partial charge in [-0.15, -0.1) is 10.2 Å². The molecule has 5 rings (SSSR count). The normalized spacial score (nSPS) is 12.5. The molecule has 0 spiro atoms. The maximum atomic E-state index is 11.2. The van der Waals surface area contributed by atoms with Crippen LogP contribution in [0.5, 0.6) is 11.5 Å². The van der Waals surface area contributed by atoms with Crippen LogP contribution in [-0.2, 0) is 0 Å². The molecule has 0 unspecified atom stereocenters. The van der Waals surface area contributed by atoms with Crippen molar-refractivity contribution in [2.45, 2.75) is 0 Å². The summed E-state index contributed by atoms with van der Waals surface area (Å²) in [4.78, 5) is 10.7. The van der Waals surface area contributed by atoms with Gasteiger partial charge >= 0.3 is 0 Å². The number of rotatable bonds is 7. The molecule has 0 saturated heterocycles. The van der Waals surface area contributed by atoms with Crippen molar-refractivity contribution in [2.75, 3.05) is 24.5 Å². The largest absolute Gasteiger partial charge is 1.00 e. The van der Waals surface area contributed by atoms with E-state index in [1.54, 1.807) is 31.5 Å². The van der Waals surface area contributed by atoms with Crippen LogP contribution in [0.1, 0.15) is 5.56 Å². The first-order valence-electron chi connectivity index (χ1n) is 11.2. The zero-order valence-corrected chi connectivity index (χ0v) is 20.9. The number of nitro benzene ring substituents is 1. The summed E-state index contributed by atoms with van der Waals surface area (Å²) in [5, 5.41) is 19.6. The third-order valence-corrected chi connectivity index (χ3v) is 5.84.